The van der Waals surface area contributed by atoms with Crippen molar-refractivity contribution in [1.29, 1.82) is 0 Å². The number of carbonyl (C=O) groups excluding carboxylic acids is 4. The lowest BCUT2D eigenvalue weighted by Crippen LogP contribution is -2.60. The van der Waals surface area contributed by atoms with Crippen molar-refractivity contribution in [1.82, 2.24) is 25.2 Å². The van der Waals surface area contributed by atoms with Crippen molar-refractivity contribution in [3.05, 3.63) is 35.9 Å². The second-order valence-electron chi connectivity index (χ2n) is 17.2. The Kier molecular flexibility index (Phi) is 11.4. The molecule has 8 rings (SSSR count). The summed E-state index contributed by atoms with van der Waals surface area (Å²) in [6, 6.07) is 5.03. The van der Waals surface area contributed by atoms with Gasteiger partial charge in [0.2, 0.25) is 34.1 Å². The van der Waals surface area contributed by atoms with E-state index in [4.69, 9.17) is 18.9 Å². The molecule has 3 aliphatic carbocycles. The monoisotopic (exact) mass is 867 g/mol. The van der Waals surface area contributed by atoms with Crippen LogP contribution in [0.5, 0.6) is 5.88 Å². The van der Waals surface area contributed by atoms with E-state index in [-0.39, 0.29) is 45.5 Å². The average molecular weight is 868 g/mol. The van der Waals surface area contributed by atoms with Crippen LogP contribution in [0.1, 0.15) is 83.1 Å². The van der Waals surface area contributed by atoms with Crippen LogP contribution in [-0.4, -0.2) is 116 Å². The van der Waals surface area contributed by atoms with E-state index in [1.54, 1.807) is 24.3 Å². The van der Waals surface area contributed by atoms with Crippen molar-refractivity contribution in [2.45, 2.75) is 131 Å². The van der Waals surface area contributed by atoms with Crippen LogP contribution in [0, 0.1) is 11.8 Å². The molecule has 4 heterocycles. The molecule has 20 heteroatoms. The number of sulfonamides is 1. The van der Waals surface area contributed by atoms with Gasteiger partial charge in [0.25, 0.3) is 11.8 Å². The number of alkyl halides is 4. The number of carbonyl (C=O) groups is 4. The molecule has 3 aliphatic heterocycles. The highest BCUT2D eigenvalue weighted by Crippen LogP contribution is 2.50. The summed E-state index contributed by atoms with van der Waals surface area (Å²) in [6.45, 7) is 1.49. The Hall–Kier alpha value is -4.30. The van der Waals surface area contributed by atoms with Crippen molar-refractivity contribution in [2.24, 2.45) is 11.8 Å². The topological polar surface area (TPSA) is 192 Å². The lowest BCUT2D eigenvalue weighted by molar-refractivity contribution is -0.143. The van der Waals surface area contributed by atoms with Crippen molar-refractivity contribution in [3.8, 4) is 5.88 Å². The first-order valence-corrected chi connectivity index (χ1v) is 22.1. The zero-order chi connectivity index (χ0) is 42.6. The van der Waals surface area contributed by atoms with Gasteiger partial charge in [-0.1, -0.05) is 18.2 Å². The molecule has 4 amide bonds. The number of fused-ring (bicyclic) bond motifs is 5. The third kappa shape index (κ3) is 8.34. The molecule has 60 heavy (non-hydrogen) atoms. The molecule has 0 radical (unpaired) electrons. The second kappa shape index (κ2) is 16.2. The summed E-state index contributed by atoms with van der Waals surface area (Å²) >= 11 is 0. The van der Waals surface area contributed by atoms with E-state index in [1.165, 1.54) is 13.0 Å². The number of hydrogen-bond donors (Lipinski definition) is 3. The summed E-state index contributed by atoms with van der Waals surface area (Å²) in [5.41, 5.74) is -2.52. The van der Waals surface area contributed by atoms with Gasteiger partial charge in [-0.25, -0.2) is 35.8 Å². The minimum absolute atomic E-state index is 0.0479. The summed E-state index contributed by atoms with van der Waals surface area (Å²) in [5, 5.41) is 5.50. The van der Waals surface area contributed by atoms with E-state index in [0.717, 1.165) is 4.90 Å². The molecule has 0 spiro atoms. The van der Waals surface area contributed by atoms with E-state index in [2.05, 4.69) is 15.6 Å². The standard InChI is InChI=1S/C40H49F4N5O10S/c1-38(13-14-38)60(54,55)48-36(52)39(20-26(39)32(41)42)47-33(50)28-19-24-21-49(28)35(51)31(22-10-16-56-17-11-22)46-37(53)59-30-9-4-8-29(30)57-15-5-12-40(43,44)25-18-23-6-2-3-7-27(23)45-34(25)58-24/h2-3,6-7,18,22,24,26,28-32H,4-5,8-17,19-21H2,1H3,(H,46,53)(H,47,50)(H,48,52)/t24?,26-,28-,29?,30?,31+,39?/m0/s1. The van der Waals surface area contributed by atoms with Gasteiger partial charge in [0.05, 0.1) is 34.4 Å². The Balaban J connectivity index is 1.15. The maximum atomic E-state index is 16.3. The summed E-state index contributed by atoms with van der Waals surface area (Å²) in [7, 11) is -4.30. The molecule has 2 saturated heterocycles. The molecule has 1 aromatic heterocycles. The number of aromatic nitrogens is 1. The highest BCUT2D eigenvalue weighted by Gasteiger charge is 2.67. The van der Waals surface area contributed by atoms with Gasteiger partial charge in [-0.3, -0.25) is 19.1 Å². The number of rotatable bonds is 7. The van der Waals surface area contributed by atoms with Crippen molar-refractivity contribution in [2.75, 3.05) is 26.4 Å². The first-order chi connectivity index (χ1) is 28.5. The smallest absolute Gasteiger partial charge is 0.408 e. The lowest BCUT2D eigenvalue weighted by atomic mass is 9.90. The van der Waals surface area contributed by atoms with Gasteiger partial charge >= 0.3 is 6.09 Å². The van der Waals surface area contributed by atoms with Crippen molar-refractivity contribution in [3.63, 3.8) is 0 Å². The van der Waals surface area contributed by atoms with Gasteiger partial charge in [-0.05, 0) is 82.8 Å². The summed E-state index contributed by atoms with van der Waals surface area (Å²) < 4.78 is 111. The molecule has 3 N–H and O–H groups in total. The zero-order valence-corrected chi connectivity index (χ0v) is 33.8. The average Bonchev–Trinajstić information content (AvgIpc) is 4.04. The Morgan fingerprint density at radius 1 is 0.983 bits per heavy atom. The molecule has 1 aromatic carbocycles. The van der Waals surface area contributed by atoms with Crippen LogP contribution >= 0.6 is 0 Å². The van der Waals surface area contributed by atoms with E-state index in [0.29, 0.717) is 43.0 Å². The van der Waals surface area contributed by atoms with Crippen LogP contribution in [-0.2, 0) is 44.5 Å². The summed E-state index contributed by atoms with van der Waals surface area (Å²) in [4.78, 5) is 62.0. The molecule has 3 saturated carbocycles. The number of pyridine rings is 1. The molecule has 7 atom stereocenters. The van der Waals surface area contributed by atoms with Gasteiger partial charge in [-0.15, -0.1) is 0 Å². The van der Waals surface area contributed by atoms with Crippen LogP contribution in [0.25, 0.3) is 10.9 Å². The van der Waals surface area contributed by atoms with Crippen molar-refractivity contribution >= 4 is 44.7 Å². The van der Waals surface area contributed by atoms with Crippen LogP contribution in [0.3, 0.4) is 0 Å². The van der Waals surface area contributed by atoms with Gasteiger partial charge in [0.15, 0.2) is 0 Å². The maximum Gasteiger partial charge on any atom is 0.408 e. The van der Waals surface area contributed by atoms with Crippen LogP contribution < -0.4 is 20.1 Å². The minimum Gasteiger partial charge on any atom is -0.472 e. The fourth-order valence-electron chi connectivity index (χ4n) is 8.91. The first-order valence-electron chi connectivity index (χ1n) is 20.6. The van der Waals surface area contributed by atoms with Crippen LogP contribution in [0.2, 0.25) is 0 Å². The first kappa shape index (κ1) is 42.4. The number of nitrogens with zero attached hydrogens (tertiary/aromatic N) is 2. The Bertz CT molecular complexity index is 2120. The molecular weight excluding hydrogens is 819 g/mol. The number of alkyl carbamates (subject to hydrolysis) is 1. The summed E-state index contributed by atoms with van der Waals surface area (Å²) in [5.74, 6) is -9.36. The predicted molar refractivity (Wildman–Crippen MR) is 203 cm³/mol. The predicted octanol–water partition coefficient (Wildman–Crippen LogP) is 4.07. The normalized spacial score (nSPS) is 32.1. The van der Waals surface area contributed by atoms with E-state index in [1.807, 2.05) is 4.72 Å². The molecule has 15 nitrogen and oxygen atoms in total. The molecule has 4 unspecified atom stereocenters. The molecular formula is C40H49F4N5O10S. The van der Waals surface area contributed by atoms with E-state index < -0.39 is 130 Å². The highest BCUT2D eigenvalue weighted by atomic mass is 32.2. The zero-order valence-electron chi connectivity index (χ0n) is 33.0. The Labute approximate surface area is 344 Å². The number of benzene rings is 1. The highest BCUT2D eigenvalue weighted by molar-refractivity contribution is 7.91. The van der Waals surface area contributed by atoms with Crippen LogP contribution in [0.15, 0.2) is 30.3 Å². The van der Waals surface area contributed by atoms with Gasteiger partial charge < -0.3 is 34.5 Å². The minimum atomic E-state index is -4.30. The third-order valence-corrected chi connectivity index (χ3v) is 15.2. The van der Waals surface area contributed by atoms with Gasteiger partial charge in [0, 0.05) is 38.0 Å². The number of para-hydroxylation sites is 1. The Morgan fingerprint density at radius 3 is 2.43 bits per heavy atom. The number of ether oxygens (including phenoxy) is 4. The van der Waals surface area contributed by atoms with Crippen molar-refractivity contribution < 1.29 is 64.1 Å². The van der Waals surface area contributed by atoms with Gasteiger partial charge in [-0.2, -0.15) is 0 Å². The van der Waals surface area contributed by atoms with Crippen LogP contribution in [0.4, 0.5) is 22.4 Å². The Morgan fingerprint density at radius 2 is 1.72 bits per heavy atom. The molecule has 6 aliphatic rings. The molecule has 328 valence electrons. The maximum absolute atomic E-state index is 16.3. The van der Waals surface area contributed by atoms with E-state index in [9.17, 15) is 36.4 Å². The largest absolute Gasteiger partial charge is 0.472 e. The summed E-state index contributed by atoms with van der Waals surface area (Å²) in [6.07, 6.45) is -5.41. The molecule has 2 aromatic rings. The quantitative estimate of drug-likeness (QED) is 0.340. The lowest BCUT2D eigenvalue weighted by Gasteiger charge is -2.35. The SMILES string of the molecule is CC1(S(=O)(=O)NC(=O)C2(NC(=O)[C@@H]3CC4CN3C(=O)[C@@H](C3CCOCC3)NC(=O)OC3CCCC3OCCCC(F)(F)c3cc5ccccc5nc3O4)C[C@H]2C(F)F)CC1. The molecule has 2 bridgehead atoms. The number of hydrogen-bond acceptors (Lipinski definition) is 11. The fraction of sp³-hybridized carbons (Fsp3) is 0.675. The third-order valence-electron chi connectivity index (χ3n) is 13.0. The number of nitrogens with one attached hydrogen (secondary N) is 3. The fourth-order valence-corrected chi connectivity index (χ4v) is 10.2. The van der Waals surface area contributed by atoms with E-state index >= 15 is 8.78 Å². The second-order valence-corrected chi connectivity index (χ2v) is 19.4. The number of amides is 4. The number of halogens is 4. The van der Waals surface area contributed by atoms with Gasteiger partial charge in [0.1, 0.15) is 29.8 Å². The molecule has 5 fully saturated rings.